The van der Waals surface area contributed by atoms with Gasteiger partial charge in [0.15, 0.2) is 0 Å². The molecule has 0 amide bonds. The maximum atomic E-state index is 2.32. The maximum absolute atomic E-state index is 2.32. The molecule has 0 N–H and O–H groups in total. The number of hydrogen-bond acceptors (Lipinski definition) is 0. The Morgan fingerprint density at radius 1 is 1.20 bits per heavy atom. The number of benzene rings is 1. The van der Waals surface area contributed by atoms with Gasteiger partial charge in [-0.05, 0) is 30.4 Å². The fourth-order valence-corrected chi connectivity index (χ4v) is 1.81. The standard InChI is InChI=1S/C15H22/c1-4-6-8-13(3)15-11-9-14(7-5-2)10-12-15/h5,7,9-13H,4,6,8H2,1-3H3/b7-5-/t13-/m0/s1. The highest BCUT2D eigenvalue weighted by atomic mass is 14.1. The average molecular weight is 202 g/mol. The van der Waals surface area contributed by atoms with Gasteiger partial charge in [-0.3, -0.25) is 0 Å². The molecule has 15 heavy (non-hydrogen) atoms. The molecule has 1 aromatic rings. The highest BCUT2D eigenvalue weighted by Gasteiger charge is 2.03. The Balaban J connectivity index is 2.62. The molecule has 82 valence electrons. The van der Waals surface area contributed by atoms with E-state index in [9.17, 15) is 0 Å². The van der Waals surface area contributed by atoms with E-state index in [2.05, 4.69) is 57.2 Å². The van der Waals surface area contributed by atoms with Crippen molar-refractivity contribution in [3.63, 3.8) is 0 Å². The molecule has 0 saturated heterocycles. The van der Waals surface area contributed by atoms with E-state index in [0.29, 0.717) is 5.92 Å². The lowest BCUT2D eigenvalue weighted by Gasteiger charge is -2.11. The molecule has 0 aromatic heterocycles. The third-order valence-corrected chi connectivity index (χ3v) is 2.86. The van der Waals surface area contributed by atoms with Crippen molar-refractivity contribution >= 4 is 6.08 Å². The van der Waals surface area contributed by atoms with E-state index in [1.165, 1.54) is 30.4 Å². The van der Waals surface area contributed by atoms with Crippen molar-refractivity contribution in [2.45, 2.75) is 46.0 Å². The second kappa shape index (κ2) is 6.44. The van der Waals surface area contributed by atoms with Crippen molar-refractivity contribution in [2.24, 2.45) is 0 Å². The molecular weight excluding hydrogens is 180 g/mol. The molecule has 0 saturated carbocycles. The monoisotopic (exact) mass is 202 g/mol. The molecular formula is C15H22. The van der Waals surface area contributed by atoms with Crippen molar-refractivity contribution in [3.05, 3.63) is 41.5 Å². The minimum absolute atomic E-state index is 0.699. The van der Waals surface area contributed by atoms with Gasteiger partial charge < -0.3 is 0 Å². The Morgan fingerprint density at radius 2 is 1.87 bits per heavy atom. The van der Waals surface area contributed by atoms with Crippen LogP contribution in [0, 0.1) is 0 Å². The summed E-state index contributed by atoms with van der Waals surface area (Å²) in [5.74, 6) is 0.699. The Morgan fingerprint density at radius 3 is 2.40 bits per heavy atom. The van der Waals surface area contributed by atoms with Gasteiger partial charge in [-0.1, -0.05) is 63.1 Å². The summed E-state index contributed by atoms with van der Waals surface area (Å²) >= 11 is 0. The number of rotatable bonds is 5. The van der Waals surface area contributed by atoms with Crippen LogP contribution in [0.15, 0.2) is 30.3 Å². The van der Waals surface area contributed by atoms with Gasteiger partial charge in [-0.25, -0.2) is 0 Å². The van der Waals surface area contributed by atoms with E-state index in [4.69, 9.17) is 0 Å². The van der Waals surface area contributed by atoms with Gasteiger partial charge >= 0.3 is 0 Å². The number of allylic oxidation sites excluding steroid dienone is 1. The predicted octanol–water partition coefficient (Wildman–Crippen LogP) is 5.01. The molecule has 0 radical (unpaired) electrons. The third-order valence-electron chi connectivity index (χ3n) is 2.86. The van der Waals surface area contributed by atoms with Crippen molar-refractivity contribution < 1.29 is 0 Å². The fourth-order valence-electron chi connectivity index (χ4n) is 1.81. The van der Waals surface area contributed by atoms with Crippen LogP contribution in [0.5, 0.6) is 0 Å². The molecule has 0 unspecified atom stereocenters. The smallest absolute Gasteiger partial charge is 0.0190 e. The SMILES string of the molecule is C/C=C\c1ccc([C@@H](C)CCCC)cc1. The van der Waals surface area contributed by atoms with Crippen LogP contribution >= 0.6 is 0 Å². The van der Waals surface area contributed by atoms with E-state index in [0.717, 1.165) is 0 Å². The molecule has 0 aliphatic rings. The summed E-state index contributed by atoms with van der Waals surface area (Å²) in [6.45, 7) is 6.62. The van der Waals surface area contributed by atoms with Crippen molar-refractivity contribution in [1.29, 1.82) is 0 Å². The second-order valence-corrected chi connectivity index (χ2v) is 4.21. The van der Waals surface area contributed by atoms with Gasteiger partial charge in [0.2, 0.25) is 0 Å². The number of hydrogen-bond donors (Lipinski definition) is 0. The minimum atomic E-state index is 0.699. The molecule has 1 rings (SSSR count). The molecule has 0 heteroatoms. The fraction of sp³-hybridized carbons (Fsp3) is 0.467. The first kappa shape index (κ1) is 12.0. The zero-order valence-corrected chi connectivity index (χ0v) is 10.2. The van der Waals surface area contributed by atoms with E-state index in [1.807, 2.05) is 0 Å². The molecule has 0 bridgehead atoms. The van der Waals surface area contributed by atoms with E-state index < -0.39 is 0 Å². The molecule has 0 aliphatic carbocycles. The summed E-state index contributed by atoms with van der Waals surface area (Å²) in [5.41, 5.74) is 2.76. The summed E-state index contributed by atoms with van der Waals surface area (Å²) in [7, 11) is 0. The largest absolute Gasteiger partial charge is 0.0871 e. The van der Waals surface area contributed by atoms with Crippen LogP contribution in [0.3, 0.4) is 0 Å². The summed E-state index contributed by atoms with van der Waals surface area (Å²) in [6, 6.07) is 8.93. The Kier molecular flexibility index (Phi) is 5.17. The molecule has 0 heterocycles. The van der Waals surface area contributed by atoms with Crippen molar-refractivity contribution in [1.82, 2.24) is 0 Å². The van der Waals surface area contributed by atoms with Gasteiger partial charge in [0.05, 0.1) is 0 Å². The van der Waals surface area contributed by atoms with Gasteiger partial charge in [0.1, 0.15) is 0 Å². The van der Waals surface area contributed by atoms with Crippen LogP contribution in [0.2, 0.25) is 0 Å². The second-order valence-electron chi connectivity index (χ2n) is 4.21. The lowest BCUT2D eigenvalue weighted by atomic mass is 9.95. The van der Waals surface area contributed by atoms with Crippen molar-refractivity contribution in [2.75, 3.05) is 0 Å². The predicted molar refractivity (Wildman–Crippen MR) is 69.1 cm³/mol. The van der Waals surface area contributed by atoms with Crippen LogP contribution in [0.1, 0.15) is 57.1 Å². The molecule has 0 spiro atoms. The minimum Gasteiger partial charge on any atom is -0.0871 e. The Bertz CT molecular complexity index is 292. The Hall–Kier alpha value is -1.04. The maximum Gasteiger partial charge on any atom is -0.0190 e. The summed E-state index contributed by atoms with van der Waals surface area (Å²) < 4.78 is 0. The first-order valence-corrected chi connectivity index (χ1v) is 6.00. The van der Waals surface area contributed by atoms with E-state index in [-0.39, 0.29) is 0 Å². The first-order valence-electron chi connectivity index (χ1n) is 6.00. The lowest BCUT2D eigenvalue weighted by molar-refractivity contribution is 0.624. The van der Waals surface area contributed by atoms with Crippen LogP contribution in [0.25, 0.3) is 6.08 Å². The summed E-state index contributed by atoms with van der Waals surface area (Å²) in [4.78, 5) is 0. The molecule has 0 aliphatic heterocycles. The average Bonchev–Trinajstić information content (AvgIpc) is 2.27. The van der Waals surface area contributed by atoms with Gasteiger partial charge in [0.25, 0.3) is 0 Å². The van der Waals surface area contributed by atoms with E-state index in [1.54, 1.807) is 0 Å². The lowest BCUT2D eigenvalue weighted by Crippen LogP contribution is -1.93. The van der Waals surface area contributed by atoms with Gasteiger partial charge in [-0.15, -0.1) is 0 Å². The van der Waals surface area contributed by atoms with Crippen LogP contribution in [0.4, 0.5) is 0 Å². The molecule has 0 fully saturated rings. The normalized spacial score (nSPS) is 13.3. The van der Waals surface area contributed by atoms with Gasteiger partial charge in [0, 0.05) is 0 Å². The zero-order valence-electron chi connectivity index (χ0n) is 10.2. The Labute approximate surface area is 94.0 Å². The van der Waals surface area contributed by atoms with Crippen molar-refractivity contribution in [3.8, 4) is 0 Å². The molecule has 0 nitrogen and oxygen atoms in total. The highest BCUT2D eigenvalue weighted by Crippen LogP contribution is 2.21. The molecule has 1 atom stereocenters. The van der Waals surface area contributed by atoms with Crippen LogP contribution in [-0.2, 0) is 0 Å². The third kappa shape index (κ3) is 3.91. The topological polar surface area (TPSA) is 0 Å². The summed E-state index contributed by atoms with van der Waals surface area (Å²) in [5, 5.41) is 0. The zero-order chi connectivity index (χ0) is 11.1. The van der Waals surface area contributed by atoms with Crippen LogP contribution in [-0.4, -0.2) is 0 Å². The quantitative estimate of drug-likeness (QED) is 0.629. The molecule has 1 aromatic carbocycles. The highest BCUT2D eigenvalue weighted by molar-refractivity contribution is 5.49. The first-order chi connectivity index (χ1) is 7.27. The number of unbranched alkanes of at least 4 members (excludes halogenated alkanes) is 1. The van der Waals surface area contributed by atoms with Gasteiger partial charge in [-0.2, -0.15) is 0 Å². The van der Waals surface area contributed by atoms with Crippen LogP contribution < -0.4 is 0 Å². The van der Waals surface area contributed by atoms with E-state index >= 15 is 0 Å². The summed E-state index contributed by atoms with van der Waals surface area (Å²) in [6.07, 6.45) is 8.15.